The Morgan fingerprint density at radius 2 is 1.90 bits per heavy atom. The van der Waals surface area contributed by atoms with E-state index < -0.39 is 0 Å². The van der Waals surface area contributed by atoms with Crippen molar-refractivity contribution < 1.29 is 0 Å². The molecule has 2 aromatic heterocycles. The van der Waals surface area contributed by atoms with Crippen molar-refractivity contribution in [3.63, 3.8) is 0 Å². The van der Waals surface area contributed by atoms with Gasteiger partial charge in [0, 0.05) is 0 Å². The van der Waals surface area contributed by atoms with E-state index in [1.54, 1.807) is 12.4 Å². The Kier molecular flexibility index (Phi) is 5.41. The van der Waals surface area contributed by atoms with E-state index >= 15 is 0 Å². The Labute approximate surface area is 125 Å². The number of nitrogens with one attached hydrogen (secondary N) is 2. The van der Waals surface area contributed by atoms with Crippen LogP contribution in [0.4, 0.5) is 0 Å². The second kappa shape index (κ2) is 7.52. The number of aromatic nitrogens is 2. The first kappa shape index (κ1) is 14.4. The molecule has 0 unspecified atom stereocenters. The summed E-state index contributed by atoms with van der Waals surface area (Å²) >= 11 is 2.89. The van der Waals surface area contributed by atoms with Gasteiger partial charge >= 0.3 is 125 Å². The third-order valence-electron chi connectivity index (χ3n) is 2.52. The molecule has 2 rings (SSSR count). The Morgan fingerprint density at radius 1 is 1.15 bits per heavy atom. The summed E-state index contributed by atoms with van der Waals surface area (Å²) in [5.74, 6) is 0. The van der Waals surface area contributed by atoms with E-state index in [0.29, 0.717) is 6.54 Å². The maximum absolute atomic E-state index is 4.26. The SMILES string of the molecule is CC(=NNC(=[Se])NCc1ccccn1)c1ccccn1. The molecule has 0 saturated heterocycles. The van der Waals surface area contributed by atoms with Gasteiger partial charge in [-0.25, -0.2) is 0 Å². The van der Waals surface area contributed by atoms with Crippen molar-refractivity contribution in [1.82, 2.24) is 20.7 Å². The molecule has 0 amide bonds. The summed E-state index contributed by atoms with van der Waals surface area (Å²) in [6.07, 6.45) is 3.52. The number of hydrogen-bond acceptors (Lipinski definition) is 5. The van der Waals surface area contributed by atoms with E-state index in [1.807, 2.05) is 43.3 Å². The van der Waals surface area contributed by atoms with Crippen LogP contribution in [0.2, 0.25) is 0 Å². The summed E-state index contributed by atoms with van der Waals surface area (Å²) in [5, 5.41) is 7.43. The number of nitrogens with zero attached hydrogens (tertiary/aromatic N) is 3. The van der Waals surface area contributed by atoms with Crippen molar-refractivity contribution in [2.45, 2.75) is 13.5 Å². The van der Waals surface area contributed by atoms with Crippen LogP contribution in [0.25, 0.3) is 0 Å². The van der Waals surface area contributed by atoms with Crippen LogP contribution in [0.1, 0.15) is 18.3 Å². The fraction of sp³-hybridized carbons (Fsp3) is 0.143. The predicted octanol–water partition coefficient (Wildman–Crippen LogP) is 0.836. The molecule has 2 aromatic rings. The third-order valence-corrected chi connectivity index (χ3v) is 3.01. The van der Waals surface area contributed by atoms with Crippen LogP contribution in [0.5, 0.6) is 0 Å². The molecule has 0 aliphatic heterocycles. The fourth-order valence-corrected chi connectivity index (χ4v) is 1.73. The van der Waals surface area contributed by atoms with Gasteiger partial charge in [-0.05, 0) is 0 Å². The Balaban J connectivity index is 1.83. The van der Waals surface area contributed by atoms with E-state index in [1.165, 1.54) is 0 Å². The monoisotopic (exact) mass is 333 g/mol. The van der Waals surface area contributed by atoms with Crippen LogP contribution in [0, 0.1) is 0 Å². The van der Waals surface area contributed by atoms with Gasteiger partial charge in [0.15, 0.2) is 0 Å². The van der Waals surface area contributed by atoms with E-state index in [4.69, 9.17) is 0 Å². The first-order chi connectivity index (χ1) is 9.75. The number of hydrazone groups is 1. The average Bonchev–Trinajstić information content (AvgIpc) is 2.52. The number of pyridine rings is 2. The fourth-order valence-electron chi connectivity index (χ4n) is 1.48. The summed E-state index contributed by atoms with van der Waals surface area (Å²) in [6.45, 7) is 2.54. The molecule has 2 N–H and O–H groups in total. The predicted molar refractivity (Wildman–Crippen MR) is 81.4 cm³/mol. The summed E-state index contributed by atoms with van der Waals surface area (Å²) in [6, 6.07) is 11.5. The van der Waals surface area contributed by atoms with Gasteiger partial charge in [0.05, 0.1) is 0 Å². The van der Waals surface area contributed by atoms with E-state index in [9.17, 15) is 0 Å². The van der Waals surface area contributed by atoms with Gasteiger partial charge < -0.3 is 0 Å². The van der Waals surface area contributed by atoms with Gasteiger partial charge in [-0.1, -0.05) is 0 Å². The molecule has 0 aliphatic rings. The first-order valence-corrected chi connectivity index (χ1v) is 7.01. The molecule has 0 spiro atoms. The average molecular weight is 332 g/mol. The second-order valence-electron chi connectivity index (χ2n) is 4.03. The first-order valence-electron chi connectivity index (χ1n) is 6.15. The van der Waals surface area contributed by atoms with Crippen LogP contribution >= 0.6 is 0 Å². The van der Waals surface area contributed by atoms with Crippen LogP contribution < -0.4 is 10.7 Å². The van der Waals surface area contributed by atoms with E-state index in [0.717, 1.165) is 21.8 Å². The normalized spacial score (nSPS) is 10.9. The second-order valence-corrected chi connectivity index (χ2v) is 4.88. The van der Waals surface area contributed by atoms with Gasteiger partial charge in [0.1, 0.15) is 0 Å². The number of rotatable bonds is 6. The van der Waals surface area contributed by atoms with Crippen LogP contribution in [-0.4, -0.2) is 35.9 Å². The van der Waals surface area contributed by atoms with Gasteiger partial charge in [-0.2, -0.15) is 0 Å². The van der Waals surface area contributed by atoms with Gasteiger partial charge in [0.25, 0.3) is 0 Å². The zero-order valence-electron chi connectivity index (χ0n) is 11.1. The summed E-state index contributed by atoms with van der Waals surface area (Å²) in [7, 11) is 0. The molecule has 0 atom stereocenters. The Morgan fingerprint density at radius 3 is 2.55 bits per heavy atom. The quantitative estimate of drug-likeness (QED) is 0.467. The summed E-state index contributed by atoms with van der Waals surface area (Å²) in [4.78, 5) is 8.46. The third kappa shape index (κ3) is 4.57. The molecule has 2 heterocycles. The van der Waals surface area contributed by atoms with Crippen molar-refractivity contribution in [1.29, 1.82) is 0 Å². The molecule has 6 heteroatoms. The standard InChI is InChI=1S/C14H15N5Se/c1-11(13-7-3-5-9-16-13)18-19-14(20)17-10-12-6-2-4-8-15-12/h2-9H,10H2,1H3,(H2,17,19,20). The molecule has 5 nitrogen and oxygen atoms in total. The number of hydrogen-bond donors (Lipinski definition) is 2. The molecular formula is C14H15N5Se. The molecule has 0 fully saturated rings. The van der Waals surface area contributed by atoms with Crippen molar-refractivity contribution in [3.05, 3.63) is 60.2 Å². The minimum absolute atomic E-state index is 0.633. The van der Waals surface area contributed by atoms with Crippen LogP contribution in [-0.2, 0) is 6.54 Å². The summed E-state index contributed by atoms with van der Waals surface area (Å²) in [5.41, 5.74) is 5.55. The Hall–Kier alpha value is -2.04. The van der Waals surface area contributed by atoms with Crippen molar-refractivity contribution in [3.8, 4) is 0 Å². The molecule has 0 bridgehead atoms. The summed E-state index contributed by atoms with van der Waals surface area (Å²) < 4.78 is 0.742. The molecule has 0 saturated carbocycles. The molecule has 0 radical (unpaired) electrons. The topological polar surface area (TPSA) is 62.2 Å². The Bertz CT molecular complexity index is 583. The zero-order valence-corrected chi connectivity index (χ0v) is 12.8. The molecule has 102 valence electrons. The zero-order chi connectivity index (χ0) is 14.2. The van der Waals surface area contributed by atoms with Gasteiger partial charge in [-0.15, -0.1) is 0 Å². The minimum atomic E-state index is 0.633. The molecule has 0 aromatic carbocycles. The van der Waals surface area contributed by atoms with Crippen molar-refractivity contribution >= 4 is 26.0 Å². The maximum atomic E-state index is 4.26. The van der Waals surface area contributed by atoms with Crippen molar-refractivity contribution in [2.75, 3.05) is 0 Å². The molecular weight excluding hydrogens is 317 g/mol. The van der Waals surface area contributed by atoms with Crippen LogP contribution in [0.15, 0.2) is 53.9 Å². The van der Waals surface area contributed by atoms with Gasteiger partial charge in [0.2, 0.25) is 0 Å². The van der Waals surface area contributed by atoms with Gasteiger partial charge in [-0.3, -0.25) is 0 Å². The molecule has 0 aliphatic carbocycles. The molecule has 20 heavy (non-hydrogen) atoms. The van der Waals surface area contributed by atoms with E-state index in [2.05, 4.69) is 41.4 Å². The van der Waals surface area contributed by atoms with Crippen LogP contribution in [0.3, 0.4) is 0 Å². The van der Waals surface area contributed by atoms with Crippen molar-refractivity contribution in [2.24, 2.45) is 5.10 Å². The van der Waals surface area contributed by atoms with E-state index in [-0.39, 0.29) is 0 Å².